The summed E-state index contributed by atoms with van der Waals surface area (Å²) in [4.78, 5) is 13.5. The molecule has 1 rings (SSSR count). The summed E-state index contributed by atoms with van der Waals surface area (Å²) in [5.41, 5.74) is 0.745. The van der Waals surface area contributed by atoms with Gasteiger partial charge in [0.15, 0.2) is 0 Å². The van der Waals surface area contributed by atoms with Crippen LogP contribution in [0.4, 0.5) is 0 Å². The van der Waals surface area contributed by atoms with Crippen molar-refractivity contribution in [3.8, 4) is 0 Å². The van der Waals surface area contributed by atoms with Crippen LogP contribution in [-0.4, -0.2) is 35.6 Å². The molecular weight excluding hydrogens is 261 g/mol. The molecule has 1 saturated heterocycles. The van der Waals surface area contributed by atoms with Crippen molar-refractivity contribution < 1.29 is 9.90 Å². The van der Waals surface area contributed by atoms with E-state index in [-0.39, 0.29) is 0 Å². The van der Waals surface area contributed by atoms with Crippen LogP contribution in [0.15, 0.2) is 10.6 Å². The van der Waals surface area contributed by atoms with E-state index in [0.29, 0.717) is 18.1 Å². The lowest BCUT2D eigenvalue weighted by Gasteiger charge is -2.39. The number of likely N-dealkylation sites (tertiary alicyclic amines) is 1. The molecule has 0 bridgehead atoms. The van der Waals surface area contributed by atoms with E-state index < -0.39 is 11.4 Å². The molecule has 0 aliphatic carbocycles. The van der Waals surface area contributed by atoms with Crippen LogP contribution in [0.1, 0.15) is 32.6 Å². The van der Waals surface area contributed by atoms with Crippen LogP contribution < -0.4 is 0 Å². The predicted octanol–water partition coefficient (Wildman–Crippen LogP) is 3.27. The Hall–Kier alpha value is -0.250. The second kappa shape index (κ2) is 6.62. The topological polar surface area (TPSA) is 40.5 Å². The first kappa shape index (κ1) is 14.8. The molecule has 1 aliphatic heterocycles. The number of piperidine rings is 1. The normalized spacial score (nSPS) is 27.1. The average molecular weight is 280 g/mol. The summed E-state index contributed by atoms with van der Waals surface area (Å²) in [6.07, 6.45) is 3.27. The van der Waals surface area contributed by atoms with Crippen LogP contribution in [0.25, 0.3) is 0 Å². The Morgan fingerprint density at radius 3 is 2.82 bits per heavy atom. The van der Waals surface area contributed by atoms with E-state index in [4.69, 9.17) is 23.2 Å². The molecule has 1 N–H and O–H groups in total. The van der Waals surface area contributed by atoms with Crippen LogP contribution in [0.5, 0.6) is 0 Å². The second-order valence-electron chi connectivity index (χ2n) is 4.71. The minimum absolute atomic E-state index is 0.545. The van der Waals surface area contributed by atoms with Crippen LogP contribution in [0.3, 0.4) is 0 Å². The van der Waals surface area contributed by atoms with Gasteiger partial charge in [-0.25, -0.2) is 0 Å². The number of carboxylic acids is 1. The molecular formula is C12H19Cl2NO2. The third kappa shape index (κ3) is 3.87. The first-order chi connectivity index (χ1) is 8.04. The Kier molecular flexibility index (Phi) is 5.77. The number of carboxylic acid groups (broad SMARTS) is 1. The number of nitrogens with zero attached hydrogens (tertiary/aromatic N) is 1. The molecule has 0 amide bonds. The van der Waals surface area contributed by atoms with E-state index in [1.54, 1.807) is 0 Å². The minimum Gasteiger partial charge on any atom is -0.481 e. The maximum Gasteiger partial charge on any atom is 0.310 e. The van der Waals surface area contributed by atoms with Gasteiger partial charge in [0.05, 0.1) is 5.41 Å². The average Bonchev–Trinajstić information content (AvgIpc) is 2.29. The molecule has 5 heteroatoms. The molecule has 1 unspecified atom stereocenters. The number of halogens is 2. The van der Waals surface area contributed by atoms with Crippen molar-refractivity contribution in [1.82, 2.24) is 4.90 Å². The monoisotopic (exact) mass is 279 g/mol. The van der Waals surface area contributed by atoms with E-state index in [9.17, 15) is 9.90 Å². The quantitative estimate of drug-likeness (QED) is 0.840. The zero-order chi connectivity index (χ0) is 12.9. The lowest BCUT2D eigenvalue weighted by molar-refractivity contribution is -0.153. The Morgan fingerprint density at radius 1 is 1.59 bits per heavy atom. The molecule has 1 heterocycles. The summed E-state index contributed by atoms with van der Waals surface area (Å²) >= 11 is 11.4. The SMILES string of the molecule is CCCC1(C(=O)O)CCCN(CC(Cl)=CCl)C1. The van der Waals surface area contributed by atoms with E-state index in [1.807, 2.05) is 6.92 Å². The Balaban J connectivity index is 2.71. The zero-order valence-electron chi connectivity index (χ0n) is 10.1. The molecule has 17 heavy (non-hydrogen) atoms. The highest BCUT2D eigenvalue weighted by Crippen LogP contribution is 2.35. The van der Waals surface area contributed by atoms with Gasteiger partial charge in [0, 0.05) is 23.7 Å². The second-order valence-corrected chi connectivity index (χ2v) is 5.41. The van der Waals surface area contributed by atoms with Crippen LogP contribution in [0, 0.1) is 5.41 Å². The minimum atomic E-state index is -0.685. The number of hydrogen-bond donors (Lipinski definition) is 1. The molecule has 0 radical (unpaired) electrons. The number of carbonyl (C=O) groups is 1. The van der Waals surface area contributed by atoms with Crippen molar-refractivity contribution in [3.05, 3.63) is 10.6 Å². The van der Waals surface area contributed by atoms with Gasteiger partial charge >= 0.3 is 5.97 Å². The Morgan fingerprint density at radius 2 is 2.29 bits per heavy atom. The highest BCUT2D eigenvalue weighted by molar-refractivity contribution is 6.36. The molecule has 1 aliphatic rings. The highest BCUT2D eigenvalue weighted by atomic mass is 35.5. The van der Waals surface area contributed by atoms with Crippen LogP contribution in [-0.2, 0) is 4.79 Å². The highest BCUT2D eigenvalue weighted by Gasteiger charge is 2.41. The number of rotatable bonds is 5. The van der Waals surface area contributed by atoms with Crippen molar-refractivity contribution in [2.24, 2.45) is 5.41 Å². The first-order valence-electron chi connectivity index (χ1n) is 5.94. The number of hydrogen-bond acceptors (Lipinski definition) is 2. The largest absolute Gasteiger partial charge is 0.481 e. The molecule has 0 saturated carbocycles. The van der Waals surface area contributed by atoms with Crippen molar-refractivity contribution in [2.75, 3.05) is 19.6 Å². The van der Waals surface area contributed by atoms with Gasteiger partial charge in [-0.05, 0) is 25.8 Å². The number of aliphatic carboxylic acids is 1. The van der Waals surface area contributed by atoms with Crippen LogP contribution in [0.2, 0.25) is 0 Å². The van der Waals surface area contributed by atoms with E-state index in [2.05, 4.69) is 4.90 Å². The van der Waals surface area contributed by atoms with Gasteiger partial charge in [0.2, 0.25) is 0 Å². The van der Waals surface area contributed by atoms with Crippen LogP contribution >= 0.6 is 23.2 Å². The third-order valence-electron chi connectivity index (χ3n) is 3.33. The van der Waals surface area contributed by atoms with Crippen molar-refractivity contribution >= 4 is 29.2 Å². The fourth-order valence-corrected chi connectivity index (χ4v) is 2.81. The first-order valence-corrected chi connectivity index (χ1v) is 6.76. The molecule has 0 aromatic carbocycles. The lowest BCUT2D eigenvalue weighted by atomic mass is 9.76. The summed E-state index contributed by atoms with van der Waals surface area (Å²) in [5, 5.41) is 9.99. The van der Waals surface area contributed by atoms with E-state index >= 15 is 0 Å². The van der Waals surface area contributed by atoms with E-state index in [1.165, 1.54) is 5.54 Å². The van der Waals surface area contributed by atoms with Crippen molar-refractivity contribution in [1.29, 1.82) is 0 Å². The summed E-state index contributed by atoms with van der Waals surface area (Å²) in [6, 6.07) is 0. The molecule has 1 fully saturated rings. The molecule has 98 valence electrons. The van der Waals surface area contributed by atoms with Crippen molar-refractivity contribution in [2.45, 2.75) is 32.6 Å². The predicted molar refractivity (Wildman–Crippen MR) is 70.4 cm³/mol. The third-order valence-corrected chi connectivity index (χ3v) is 3.93. The smallest absolute Gasteiger partial charge is 0.310 e. The molecule has 0 spiro atoms. The van der Waals surface area contributed by atoms with Gasteiger partial charge in [-0.2, -0.15) is 0 Å². The Labute approximate surface area is 112 Å². The fraction of sp³-hybridized carbons (Fsp3) is 0.750. The maximum atomic E-state index is 11.5. The Bertz CT molecular complexity index is 303. The summed E-state index contributed by atoms with van der Waals surface area (Å²) < 4.78 is 0. The summed E-state index contributed by atoms with van der Waals surface area (Å²) in [6.45, 7) is 4.02. The zero-order valence-corrected chi connectivity index (χ0v) is 11.6. The van der Waals surface area contributed by atoms with E-state index in [0.717, 1.165) is 32.2 Å². The van der Waals surface area contributed by atoms with Gasteiger partial charge in [0.25, 0.3) is 0 Å². The molecule has 1 atom stereocenters. The maximum absolute atomic E-state index is 11.5. The molecule has 0 aromatic heterocycles. The van der Waals surface area contributed by atoms with Gasteiger partial charge in [-0.3, -0.25) is 9.69 Å². The van der Waals surface area contributed by atoms with Crippen molar-refractivity contribution in [3.63, 3.8) is 0 Å². The molecule has 3 nitrogen and oxygen atoms in total. The summed E-state index contributed by atoms with van der Waals surface area (Å²) in [7, 11) is 0. The summed E-state index contributed by atoms with van der Waals surface area (Å²) in [5.74, 6) is -0.685. The lowest BCUT2D eigenvalue weighted by Crippen LogP contribution is -2.48. The van der Waals surface area contributed by atoms with Gasteiger partial charge in [-0.15, -0.1) is 0 Å². The van der Waals surface area contributed by atoms with Gasteiger partial charge in [0.1, 0.15) is 0 Å². The van der Waals surface area contributed by atoms with Gasteiger partial charge < -0.3 is 5.11 Å². The van der Waals surface area contributed by atoms with Gasteiger partial charge in [-0.1, -0.05) is 36.5 Å². The standard InChI is InChI=1S/C12H19Cl2NO2/c1-2-4-12(11(16)17)5-3-6-15(9-12)8-10(14)7-13/h7H,2-6,8-9H2,1H3,(H,16,17). The molecule has 0 aromatic rings. The fourth-order valence-electron chi connectivity index (χ4n) is 2.57.